The van der Waals surface area contributed by atoms with Gasteiger partial charge in [-0.15, -0.1) is 0 Å². The van der Waals surface area contributed by atoms with E-state index in [0.717, 1.165) is 5.56 Å². The van der Waals surface area contributed by atoms with Gasteiger partial charge in [-0.25, -0.2) is 0 Å². The Morgan fingerprint density at radius 2 is 1.56 bits per heavy atom. The number of benzene rings is 2. The molecule has 2 aliphatic rings. The smallest absolute Gasteiger partial charge is 0.269 e. The Morgan fingerprint density at radius 3 is 2.26 bits per heavy atom. The Kier molecular flexibility index (Phi) is 3.12. The Morgan fingerprint density at radius 1 is 0.852 bits per heavy atom. The number of non-ortho nitro benzene ring substituents is 1. The molecule has 1 aromatic heterocycles. The highest BCUT2D eigenvalue weighted by Gasteiger charge is 2.37. The second-order valence-electron chi connectivity index (χ2n) is 6.63. The third kappa shape index (κ3) is 2.10. The molecule has 0 atom stereocenters. The topological polar surface area (TPSA) is 90.2 Å². The molecule has 5 rings (SSSR count). The van der Waals surface area contributed by atoms with Crippen LogP contribution < -0.4 is 0 Å². The first kappa shape index (κ1) is 15.6. The van der Waals surface area contributed by atoms with Crippen molar-refractivity contribution >= 4 is 17.3 Å². The van der Waals surface area contributed by atoms with Crippen LogP contribution in [0.15, 0.2) is 48.5 Å². The summed E-state index contributed by atoms with van der Waals surface area (Å²) in [6.45, 7) is 0. The van der Waals surface area contributed by atoms with Gasteiger partial charge in [-0.1, -0.05) is 24.3 Å². The van der Waals surface area contributed by atoms with Crippen molar-refractivity contribution in [2.75, 3.05) is 0 Å². The van der Waals surface area contributed by atoms with Crippen molar-refractivity contribution in [3.63, 3.8) is 0 Å². The van der Waals surface area contributed by atoms with E-state index < -0.39 is 4.92 Å². The molecular weight excluding hydrogens is 344 g/mol. The lowest BCUT2D eigenvalue weighted by atomic mass is 9.92. The van der Waals surface area contributed by atoms with Crippen LogP contribution >= 0.6 is 0 Å². The fourth-order valence-corrected chi connectivity index (χ4v) is 3.95. The fraction of sp³-hybridized carbons (Fsp3) is 0.0952. The molecule has 2 aromatic carbocycles. The van der Waals surface area contributed by atoms with Crippen molar-refractivity contribution in [1.82, 2.24) is 4.98 Å². The maximum atomic E-state index is 13.1. The number of nitrogens with zero attached hydrogens (tertiary/aromatic N) is 2. The number of aromatic nitrogens is 1. The summed E-state index contributed by atoms with van der Waals surface area (Å²) in [4.78, 5) is 40.8. The van der Waals surface area contributed by atoms with Crippen LogP contribution in [-0.4, -0.2) is 21.5 Å². The predicted octanol–water partition coefficient (Wildman–Crippen LogP) is 4.00. The maximum absolute atomic E-state index is 13.1. The van der Waals surface area contributed by atoms with Gasteiger partial charge in [0.15, 0.2) is 11.6 Å². The summed E-state index contributed by atoms with van der Waals surface area (Å²) in [5, 5.41) is 11.0. The van der Waals surface area contributed by atoms with Crippen LogP contribution in [0.4, 0.5) is 5.69 Å². The van der Waals surface area contributed by atoms with Crippen molar-refractivity contribution < 1.29 is 14.5 Å². The van der Waals surface area contributed by atoms with Crippen molar-refractivity contribution in [3.8, 4) is 22.4 Å². The number of carbonyl (C=O) groups excluding carboxylic acids is 2. The number of hydrogen-bond donors (Lipinski definition) is 0. The maximum Gasteiger partial charge on any atom is 0.269 e. The lowest BCUT2D eigenvalue weighted by Crippen LogP contribution is -2.06. The number of carbonyl (C=O) groups is 2. The lowest BCUT2D eigenvalue weighted by Gasteiger charge is -2.13. The van der Waals surface area contributed by atoms with Gasteiger partial charge in [-0.05, 0) is 24.1 Å². The summed E-state index contributed by atoms with van der Waals surface area (Å²) in [5.41, 5.74) is 4.64. The van der Waals surface area contributed by atoms with E-state index >= 15 is 0 Å². The molecule has 0 amide bonds. The molecule has 6 heteroatoms. The van der Waals surface area contributed by atoms with E-state index in [4.69, 9.17) is 0 Å². The van der Waals surface area contributed by atoms with Crippen molar-refractivity contribution in [3.05, 3.63) is 81.0 Å². The van der Waals surface area contributed by atoms with E-state index in [2.05, 4.69) is 4.98 Å². The number of hydrogen-bond acceptors (Lipinski definition) is 5. The Labute approximate surface area is 153 Å². The molecule has 0 radical (unpaired) electrons. The summed E-state index contributed by atoms with van der Waals surface area (Å²) in [7, 11) is 0. The fourth-order valence-electron chi connectivity index (χ4n) is 3.95. The molecule has 6 nitrogen and oxygen atoms in total. The first-order valence-corrected chi connectivity index (χ1v) is 8.55. The largest absolute Gasteiger partial charge is 0.294 e. The number of fused-ring (bicyclic) bond motifs is 4. The van der Waals surface area contributed by atoms with Gasteiger partial charge >= 0.3 is 0 Å². The van der Waals surface area contributed by atoms with Gasteiger partial charge in [0, 0.05) is 40.8 Å². The van der Waals surface area contributed by atoms with Crippen LogP contribution in [-0.2, 0) is 6.42 Å². The van der Waals surface area contributed by atoms with E-state index in [0.29, 0.717) is 52.0 Å². The number of rotatable bonds is 2. The second kappa shape index (κ2) is 5.41. The third-order valence-corrected chi connectivity index (χ3v) is 5.16. The highest BCUT2D eigenvalue weighted by atomic mass is 16.6. The molecule has 0 N–H and O–H groups in total. The van der Waals surface area contributed by atoms with Gasteiger partial charge in [0.05, 0.1) is 21.9 Å². The van der Waals surface area contributed by atoms with Gasteiger partial charge in [0.1, 0.15) is 0 Å². The molecule has 27 heavy (non-hydrogen) atoms. The average molecular weight is 356 g/mol. The van der Waals surface area contributed by atoms with Crippen molar-refractivity contribution in [2.24, 2.45) is 0 Å². The zero-order valence-corrected chi connectivity index (χ0v) is 14.1. The number of Topliss-reactive ketones (excluding diaryl/α,β-unsaturated/α-hetero) is 1. The van der Waals surface area contributed by atoms with Gasteiger partial charge in [-0.3, -0.25) is 24.7 Å². The lowest BCUT2D eigenvalue weighted by molar-refractivity contribution is -0.384. The van der Waals surface area contributed by atoms with Crippen molar-refractivity contribution in [1.29, 1.82) is 0 Å². The molecule has 130 valence electrons. The van der Waals surface area contributed by atoms with Crippen LogP contribution in [0.25, 0.3) is 22.4 Å². The van der Waals surface area contributed by atoms with Crippen LogP contribution in [0.1, 0.15) is 38.4 Å². The summed E-state index contributed by atoms with van der Waals surface area (Å²) >= 11 is 0. The van der Waals surface area contributed by atoms with Crippen LogP contribution in [0.2, 0.25) is 0 Å². The molecular formula is C21H12N2O4. The standard InChI is InChI=1S/C21H12N2O4/c24-16-10-9-15-18(16)17(11-5-7-12(8-6-11)23(26)27)19-20(22-15)13-3-1-2-4-14(13)21(19)25/h1-8H,9-10H2. The molecule has 0 bridgehead atoms. The number of pyridine rings is 1. The number of nitro benzene ring substituents is 1. The molecule has 0 aliphatic heterocycles. The van der Waals surface area contributed by atoms with Crippen LogP contribution in [0, 0.1) is 10.1 Å². The van der Waals surface area contributed by atoms with Gasteiger partial charge in [0.2, 0.25) is 0 Å². The monoisotopic (exact) mass is 356 g/mol. The number of nitro groups is 1. The van der Waals surface area contributed by atoms with E-state index in [-0.39, 0.29) is 17.3 Å². The minimum absolute atomic E-state index is 0.0398. The Hall–Kier alpha value is -3.67. The van der Waals surface area contributed by atoms with Gasteiger partial charge in [-0.2, -0.15) is 0 Å². The third-order valence-electron chi connectivity index (χ3n) is 5.16. The molecule has 0 unspecified atom stereocenters. The Bertz CT molecular complexity index is 1180. The first-order valence-electron chi connectivity index (χ1n) is 8.55. The van der Waals surface area contributed by atoms with E-state index in [1.165, 1.54) is 12.1 Å². The van der Waals surface area contributed by atoms with E-state index in [9.17, 15) is 19.7 Å². The average Bonchev–Trinajstić information content (AvgIpc) is 3.19. The normalized spacial score (nSPS) is 14.1. The molecule has 0 saturated heterocycles. The zero-order valence-electron chi connectivity index (χ0n) is 14.1. The molecule has 0 saturated carbocycles. The molecule has 0 spiro atoms. The minimum Gasteiger partial charge on any atom is -0.294 e. The summed E-state index contributed by atoms with van der Waals surface area (Å²) in [6, 6.07) is 13.2. The van der Waals surface area contributed by atoms with Crippen molar-refractivity contribution in [2.45, 2.75) is 12.8 Å². The highest BCUT2D eigenvalue weighted by molar-refractivity contribution is 6.26. The summed E-state index contributed by atoms with van der Waals surface area (Å²) < 4.78 is 0. The van der Waals surface area contributed by atoms with Crippen LogP contribution in [0.3, 0.4) is 0 Å². The number of ketones is 2. The molecule has 2 aliphatic carbocycles. The zero-order chi connectivity index (χ0) is 18.7. The molecule has 3 aromatic rings. The van der Waals surface area contributed by atoms with Gasteiger partial charge in [0.25, 0.3) is 5.69 Å². The van der Waals surface area contributed by atoms with E-state index in [1.807, 2.05) is 12.1 Å². The predicted molar refractivity (Wildman–Crippen MR) is 97.8 cm³/mol. The quantitative estimate of drug-likeness (QED) is 0.400. The number of aryl methyl sites for hydroxylation is 1. The molecule has 0 fully saturated rings. The SMILES string of the molecule is O=C1CCc2nc3c(c(-c4ccc([N+](=O)[O-])cc4)c21)C(=O)c1ccccc1-3. The highest BCUT2D eigenvalue weighted by Crippen LogP contribution is 2.44. The second-order valence-corrected chi connectivity index (χ2v) is 6.63. The van der Waals surface area contributed by atoms with Crippen LogP contribution in [0.5, 0.6) is 0 Å². The van der Waals surface area contributed by atoms with E-state index in [1.54, 1.807) is 24.3 Å². The first-order chi connectivity index (χ1) is 13.1. The summed E-state index contributed by atoms with van der Waals surface area (Å²) in [6.07, 6.45) is 0.902. The van der Waals surface area contributed by atoms with Gasteiger partial charge < -0.3 is 0 Å². The Balaban J connectivity index is 1.84. The minimum atomic E-state index is -0.475. The summed E-state index contributed by atoms with van der Waals surface area (Å²) in [5.74, 6) is -0.207. The molecule has 1 heterocycles.